The van der Waals surface area contributed by atoms with Gasteiger partial charge >= 0.3 is 0 Å². The number of nitrogens with one attached hydrogen (secondary N) is 1. The van der Waals surface area contributed by atoms with Crippen LogP contribution in [0.1, 0.15) is 5.69 Å². The fourth-order valence-corrected chi connectivity index (χ4v) is 2.03. The Balaban J connectivity index is 3.03. The van der Waals surface area contributed by atoms with Crippen LogP contribution in [0.3, 0.4) is 0 Å². The molecule has 1 aromatic carbocycles. The van der Waals surface area contributed by atoms with Crippen LogP contribution in [-0.2, 0) is 0 Å². The first-order valence-electron chi connectivity index (χ1n) is 5.00. The van der Waals surface area contributed by atoms with Crippen LogP contribution >= 0.6 is 11.6 Å². The Morgan fingerprint density at radius 2 is 2.06 bits per heavy atom. The van der Waals surface area contributed by atoms with Crippen molar-refractivity contribution >= 4 is 22.5 Å². The Kier molecular flexibility index (Phi) is 3.13. The fraction of sp³-hybridized carbons (Fsp3) is 0.167. The molecule has 0 bridgehead atoms. The van der Waals surface area contributed by atoms with Crippen molar-refractivity contribution in [3.8, 4) is 17.6 Å². The van der Waals surface area contributed by atoms with Crippen LogP contribution in [0.15, 0.2) is 16.9 Å². The molecule has 0 saturated carbocycles. The third kappa shape index (κ3) is 1.77. The van der Waals surface area contributed by atoms with E-state index in [0.29, 0.717) is 11.3 Å². The lowest BCUT2D eigenvalue weighted by atomic mass is 10.1. The largest absolute Gasteiger partial charge is 0.494 e. The van der Waals surface area contributed by atoms with Crippen LogP contribution in [0.5, 0.6) is 11.5 Å². The van der Waals surface area contributed by atoms with E-state index in [9.17, 15) is 4.79 Å². The van der Waals surface area contributed by atoms with Crippen molar-refractivity contribution < 1.29 is 9.47 Å². The summed E-state index contributed by atoms with van der Waals surface area (Å²) in [5.41, 5.74) is 0.191. The van der Waals surface area contributed by atoms with Crippen LogP contribution in [0.25, 0.3) is 10.9 Å². The van der Waals surface area contributed by atoms with Crippen molar-refractivity contribution in [1.29, 1.82) is 5.26 Å². The molecule has 0 amide bonds. The predicted octanol–water partition coefficient (Wildman–Crippen LogP) is 2.07. The van der Waals surface area contributed by atoms with Gasteiger partial charge < -0.3 is 14.5 Å². The van der Waals surface area contributed by atoms with Crippen molar-refractivity contribution in [2.45, 2.75) is 0 Å². The molecule has 2 rings (SSSR count). The normalized spacial score (nSPS) is 10.1. The van der Waals surface area contributed by atoms with Gasteiger partial charge in [-0.25, -0.2) is 0 Å². The summed E-state index contributed by atoms with van der Waals surface area (Å²) in [5, 5.41) is 9.39. The van der Waals surface area contributed by atoms with Crippen molar-refractivity contribution in [1.82, 2.24) is 4.98 Å². The van der Waals surface area contributed by atoms with Gasteiger partial charge in [0.25, 0.3) is 0 Å². The minimum Gasteiger partial charge on any atom is -0.494 e. The van der Waals surface area contributed by atoms with Crippen molar-refractivity contribution in [2.75, 3.05) is 14.2 Å². The molecule has 1 aromatic heterocycles. The van der Waals surface area contributed by atoms with Gasteiger partial charge in [0.2, 0.25) is 0 Å². The van der Waals surface area contributed by atoms with Crippen molar-refractivity contribution in [3.63, 3.8) is 0 Å². The van der Waals surface area contributed by atoms with Gasteiger partial charge in [-0.05, 0) is 0 Å². The van der Waals surface area contributed by atoms with Gasteiger partial charge in [0, 0.05) is 12.1 Å². The summed E-state index contributed by atoms with van der Waals surface area (Å²) in [7, 11) is 2.87. The number of H-pyrrole nitrogens is 1. The van der Waals surface area contributed by atoms with Gasteiger partial charge in [0.15, 0.2) is 11.2 Å². The summed E-state index contributed by atoms with van der Waals surface area (Å²) in [6, 6.07) is 4.60. The molecule has 0 aliphatic carbocycles. The molecular weight excluding hydrogens is 256 g/mol. The number of hydrogen-bond donors (Lipinski definition) is 1. The molecule has 18 heavy (non-hydrogen) atoms. The smallest absolute Gasteiger partial charge is 0.194 e. The van der Waals surface area contributed by atoms with E-state index >= 15 is 0 Å². The number of nitrogens with zero attached hydrogens (tertiary/aromatic N) is 1. The van der Waals surface area contributed by atoms with Crippen molar-refractivity contribution in [3.05, 3.63) is 33.1 Å². The number of aromatic nitrogens is 1. The molecule has 1 heterocycles. The van der Waals surface area contributed by atoms with Gasteiger partial charge in [-0.15, -0.1) is 0 Å². The fourth-order valence-electron chi connectivity index (χ4n) is 1.76. The van der Waals surface area contributed by atoms with Gasteiger partial charge in [-0.1, -0.05) is 11.6 Å². The van der Waals surface area contributed by atoms with Crippen LogP contribution in [0.2, 0.25) is 5.02 Å². The molecule has 0 fully saturated rings. The topological polar surface area (TPSA) is 75.1 Å². The Morgan fingerprint density at radius 3 is 2.61 bits per heavy atom. The maximum atomic E-state index is 12.0. The Hall–Kier alpha value is -2.19. The number of nitriles is 1. The lowest BCUT2D eigenvalue weighted by Gasteiger charge is -2.11. The molecule has 0 saturated heterocycles. The van der Waals surface area contributed by atoms with E-state index in [-0.39, 0.29) is 27.3 Å². The maximum Gasteiger partial charge on any atom is 0.194 e. The van der Waals surface area contributed by atoms with E-state index in [0.717, 1.165) is 0 Å². The first-order valence-corrected chi connectivity index (χ1v) is 5.37. The van der Waals surface area contributed by atoms with Crippen LogP contribution < -0.4 is 14.9 Å². The highest BCUT2D eigenvalue weighted by atomic mass is 35.5. The monoisotopic (exact) mass is 264 g/mol. The summed E-state index contributed by atoms with van der Waals surface area (Å²) < 4.78 is 10.3. The molecule has 0 aliphatic rings. The van der Waals surface area contributed by atoms with Crippen molar-refractivity contribution in [2.24, 2.45) is 0 Å². The third-order valence-corrected chi connectivity index (χ3v) is 2.80. The molecule has 0 unspecified atom stereocenters. The SMILES string of the molecule is COc1cc(Cl)c(OC)c2c(=O)cc(C#N)[nH]c12. The number of ether oxygens (including phenoxy) is 2. The van der Waals surface area contributed by atoms with Gasteiger partial charge in [0.1, 0.15) is 17.5 Å². The number of fused-ring (bicyclic) bond motifs is 1. The zero-order chi connectivity index (χ0) is 13.3. The molecule has 92 valence electrons. The third-order valence-electron chi connectivity index (χ3n) is 2.52. The maximum absolute atomic E-state index is 12.0. The Bertz CT molecular complexity index is 716. The Morgan fingerprint density at radius 1 is 1.33 bits per heavy atom. The number of halogens is 1. The highest BCUT2D eigenvalue weighted by molar-refractivity contribution is 6.33. The van der Waals surface area contributed by atoms with Gasteiger partial charge in [-0.3, -0.25) is 4.79 Å². The molecule has 6 heteroatoms. The molecule has 0 aliphatic heterocycles. The second-order valence-electron chi connectivity index (χ2n) is 3.50. The molecular formula is C12H9ClN2O3. The molecule has 5 nitrogen and oxygen atoms in total. The number of methoxy groups -OCH3 is 2. The van der Waals surface area contributed by atoms with E-state index in [4.69, 9.17) is 26.3 Å². The van der Waals surface area contributed by atoms with Gasteiger partial charge in [-0.2, -0.15) is 5.26 Å². The average molecular weight is 265 g/mol. The number of hydrogen-bond acceptors (Lipinski definition) is 4. The second-order valence-corrected chi connectivity index (χ2v) is 3.91. The number of aromatic amines is 1. The van der Waals surface area contributed by atoms with Gasteiger partial charge in [0.05, 0.1) is 30.1 Å². The highest BCUT2D eigenvalue weighted by Gasteiger charge is 2.16. The summed E-state index contributed by atoms with van der Waals surface area (Å²) in [6.45, 7) is 0. The summed E-state index contributed by atoms with van der Waals surface area (Å²) in [5.74, 6) is 0.642. The minimum atomic E-state index is -0.349. The van der Waals surface area contributed by atoms with Crippen LogP contribution in [-0.4, -0.2) is 19.2 Å². The minimum absolute atomic E-state index is 0.148. The average Bonchev–Trinajstić information content (AvgIpc) is 2.38. The summed E-state index contributed by atoms with van der Waals surface area (Å²) >= 11 is 6.01. The molecule has 2 aromatic rings. The Labute approximate surface area is 108 Å². The quantitative estimate of drug-likeness (QED) is 0.901. The first kappa shape index (κ1) is 12.3. The van der Waals surface area contributed by atoms with E-state index in [2.05, 4.69) is 4.98 Å². The highest BCUT2D eigenvalue weighted by Crippen LogP contribution is 2.36. The van der Waals surface area contributed by atoms with E-state index in [1.807, 2.05) is 6.07 Å². The molecule has 1 N–H and O–H groups in total. The standard InChI is InChI=1S/C12H9ClN2O3/c1-17-9-4-7(13)12(18-2)10-8(16)3-6(5-14)15-11(9)10/h3-4H,1-2H3,(H,15,16). The second kappa shape index (κ2) is 4.59. The summed E-state index contributed by atoms with van der Waals surface area (Å²) in [6.07, 6.45) is 0. The lowest BCUT2D eigenvalue weighted by molar-refractivity contribution is 0.410. The van der Waals surface area contributed by atoms with E-state index in [1.54, 1.807) is 0 Å². The van der Waals surface area contributed by atoms with E-state index in [1.165, 1.54) is 26.4 Å². The zero-order valence-electron chi connectivity index (χ0n) is 9.70. The molecule has 0 atom stereocenters. The zero-order valence-corrected chi connectivity index (χ0v) is 10.5. The first-order chi connectivity index (χ1) is 8.62. The lowest BCUT2D eigenvalue weighted by Crippen LogP contribution is -2.06. The van der Waals surface area contributed by atoms with E-state index < -0.39 is 0 Å². The van der Waals surface area contributed by atoms with Crippen LogP contribution in [0.4, 0.5) is 0 Å². The summed E-state index contributed by atoms with van der Waals surface area (Å²) in [4.78, 5) is 14.8. The number of benzene rings is 1. The number of rotatable bonds is 2. The predicted molar refractivity (Wildman–Crippen MR) is 67.4 cm³/mol. The molecule has 0 radical (unpaired) electrons. The molecule has 0 spiro atoms. The van der Waals surface area contributed by atoms with Crippen LogP contribution in [0, 0.1) is 11.3 Å². The number of pyridine rings is 1.